The number of benzene rings is 1. The van der Waals surface area contributed by atoms with Gasteiger partial charge in [0.2, 0.25) is 0 Å². The van der Waals surface area contributed by atoms with Gasteiger partial charge in [-0.15, -0.1) is 0 Å². The summed E-state index contributed by atoms with van der Waals surface area (Å²) in [6.07, 6.45) is 1.41. The van der Waals surface area contributed by atoms with Crippen LogP contribution in [0.25, 0.3) is 6.08 Å². The molecule has 1 aromatic rings. The minimum Gasteiger partial charge on any atom is -0.293 e. The molecule has 17 heavy (non-hydrogen) atoms. The summed E-state index contributed by atoms with van der Waals surface area (Å²) in [4.78, 5) is 11.9. The first-order valence-electron chi connectivity index (χ1n) is 5.27. The lowest BCUT2D eigenvalue weighted by molar-refractivity contribution is -0.121. The minimum absolute atomic E-state index is 0.0445. The Kier molecular flexibility index (Phi) is 3.80. The summed E-state index contributed by atoms with van der Waals surface area (Å²) in [7, 11) is 0. The second-order valence-corrected chi connectivity index (χ2v) is 4.80. The van der Waals surface area contributed by atoms with E-state index in [2.05, 4.69) is 0 Å². The smallest absolute Gasteiger partial charge is 0.178 e. The van der Waals surface area contributed by atoms with Crippen LogP contribution in [-0.2, 0) is 4.79 Å². The van der Waals surface area contributed by atoms with E-state index < -0.39 is 5.41 Å². The first-order chi connectivity index (χ1) is 7.84. The van der Waals surface area contributed by atoms with Crippen molar-refractivity contribution in [2.24, 2.45) is 5.41 Å². The van der Waals surface area contributed by atoms with E-state index in [-0.39, 0.29) is 17.2 Å². The fourth-order valence-corrected chi connectivity index (χ4v) is 1.32. The lowest BCUT2D eigenvalue weighted by atomic mass is 9.86. The number of allylic oxidation sites excluding steroid dienone is 1. The lowest BCUT2D eigenvalue weighted by Gasteiger charge is -2.15. The van der Waals surface area contributed by atoms with Crippen LogP contribution in [0, 0.1) is 22.6 Å². The zero-order valence-corrected chi connectivity index (χ0v) is 10.1. The first kappa shape index (κ1) is 13.1. The Morgan fingerprint density at radius 2 is 2.06 bits per heavy atom. The first-order valence-corrected chi connectivity index (χ1v) is 5.27. The van der Waals surface area contributed by atoms with Gasteiger partial charge in [0.05, 0.1) is 5.57 Å². The van der Waals surface area contributed by atoms with Crippen LogP contribution in [-0.4, -0.2) is 5.78 Å². The molecule has 0 aliphatic heterocycles. The Balaban J connectivity index is 3.13. The summed E-state index contributed by atoms with van der Waals surface area (Å²) in [6.45, 7) is 5.23. The number of rotatable bonds is 2. The van der Waals surface area contributed by atoms with E-state index in [0.717, 1.165) is 0 Å². The van der Waals surface area contributed by atoms with Gasteiger partial charge in [-0.25, -0.2) is 4.39 Å². The normalized spacial score (nSPS) is 12.1. The molecule has 0 aliphatic carbocycles. The number of carbonyl (C=O) groups is 1. The molecular formula is C14H14FNO. The van der Waals surface area contributed by atoms with Gasteiger partial charge in [0.15, 0.2) is 5.78 Å². The molecule has 0 saturated carbocycles. The average Bonchev–Trinajstić information content (AvgIpc) is 2.24. The predicted octanol–water partition coefficient (Wildman–Crippen LogP) is 3.35. The number of carbonyl (C=O) groups excluding carboxylic acids is 1. The zero-order valence-electron chi connectivity index (χ0n) is 10.1. The molecule has 0 bridgehead atoms. The van der Waals surface area contributed by atoms with Crippen molar-refractivity contribution < 1.29 is 9.18 Å². The number of nitrogens with zero attached hydrogens (tertiary/aromatic N) is 1. The molecule has 1 aromatic carbocycles. The SMILES string of the molecule is CC(C)(C)C(=O)C(C#N)=Cc1cccc(F)c1. The van der Waals surface area contributed by atoms with Crippen LogP contribution >= 0.6 is 0 Å². The van der Waals surface area contributed by atoms with Gasteiger partial charge in [-0.1, -0.05) is 32.9 Å². The van der Waals surface area contributed by atoms with Gasteiger partial charge in [-0.2, -0.15) is 5.26 Å². The van der Waals surface area contributed by atoms with Crippen molar-refractivity contribution in [2.45, 2.75) is 20.8 Å². The monoisotopic (exact) mass is 231 g/mol. The lowest BCUT2D eigenvalue weighted by Crippen LogP contribution is -2.21. The molecule has 2 nitrogen and oxygen atoms in total. The Bertz CT molecular complexity index is 504. The van der Waals surface area contributed by atoms with Gasteiger partial charge in [-0.3, -0.25) is 4.79 Å². The maximum absolute atomic E-state index is 13.0. The van der Waals surface area contributed by atoms with Crippen LogP contribution in [0.2, 0.25) is 0 Å². The fraction of sp³-hybridized carbons (Fsp3) is 0.286. The van der Waals surface area contributed by atoms with Crippen LogP contribution in [0.15, 0.2) is 29.8 Å². The number of Topliss-reactive ketones (excluding diaryl/α,β-unsaturated/α-hetero) is 1. The van der Waals surface area contributed by atoms with Crippen LogP contribution in [0.3, 0.4) is 0 Å². The second kappa shape index (κ2) is 4.92. The van der Waals surface area contributed by atoms with Gasteiger partial charge >= 0.3 is 0 Å². The molecule has 0 saturated heterocycles. The fourth-order valence-electron chi connectivity index (χ4n) is 1.32. The third kappa shape index (κ3) is 3.53. The van der Waals surface area contributed by atoms with Crippen LogP contribution in [0.1, 0.15) is 26.3 Å². The summed E-state index contributed by atoms with van der Waals surface area (Å²) in [5.41, 5.74) is -0.0585. The van der Waals surface area contributed by atoms with Gasteiger partial charge in [0.25, 0.3) is 0 Å². The standard InChI is InChI=1S/C14H14FNO/c1-14(2,3)13(17)11(9-16)7-10-5-4-6-12(15)8-10/h4-8H,1-3H3. The predicted molar refractivity (Wildman–Crippen MR) is 64.5 cm³/mol. The van der Waals surface area contributed by atoms with Crippen molar-refractivity contribution in [1.82, 2.24) is 0 Å². The highest BCUT2D eigenvalue weighted by Crippen LogP contribution is 2.21. The Morgan fingerprint density at radius 1 is 1.41 bits per heavy atom. The van der Waals surface area contributed by atoms with Crippen molar-refractivity contribution in [1.29, 1.82) is 5.26 Å². The highest BCUT2D eigenvalue weighted by molar-refractivity contribution is 6.06. The largest absolute Gasteiger partial charge is 0.293 e. The van der Waals surface area contributed by atoms with Crippen LogP contribution < -0.4 is 0 Å². The van der Waals surface area contributed by atoms with Crippen LogP contribution in [0.5, 0.6) is 0 Å². The van der Waals surface area contributed by atoms with E-state index in [1.54, 1.807) is 26.8 Å². The quantitative estimate of drug-likeness (QED) is 0.578. The topological polar surface area (TPSA) is 40.9 Å². The van der Waals surface area contributed by atoms with Crippen molar-refractivity contribution >= 4 is 11.9 Å². The van der Waals surface area contributed by atoms with Crippen molar-refractivity contribution in [3.8, 4) is 6.07 Å². The molecule has 0 aliphatic rings. The second-order valence-electron chi connectivity index (χ2n) is 4.80. The zero-order chi connectivity index (χ0) is 13.1. The van der Waals surface area contributed by atoms with E-state index in [9.17, 15) is 9.18 Å². The van der Waals surface area contributed by atoms with Gasteiger partial charge in [0, 0.05) is 5.41 Å². The van der Waals surface area contributed by atoms with E-state index >= 15 is 0 Å². The number of ketones is 1. The van der Waals surface area contributed by atoms with Gasteiger partial charge in [0.1, 0.15) is 11.9 Å². The number of hydrogen-bond acceptors (Lipinski definition) is 2. The molecule has 1 rings (SSSR count). The highest BCUT2D eigenvalue weighted by Gasteiger charge is 2.24. The molecule has 0 amide bonds. The van der Waals surface area contributed by atoms with Crippen molar-refractivity contribution in [3.63, 3.8) is 0 Å². The van der Waals surface area contributed by atoms with Gasteiger partial charge in [-0.05, 0) is 23.8 Å². The molecule has 0 heterocycles. The highest BCUT2D eigenvalue weighted by atomic mass is 19.1. The molecule has 0 fully saturated rings. The summed E-state index contributed by atoms with van der Waals surface area (Å²) >= 11 is 0. The Hall–Kier alpha value is -1.95. The number of halogens is 1. The summed E-state index contributed by atoms with van der Waals surface area (Å²) in [5, 5.41) is 8.96. The third-order valence-electron chi connectivity index (χ3n) is 2.21. The van der Waals surface area contributed by atoms with E-state index in [1.165, 1.54) is 24.3 Å². The molecule has 3 heteroatoms. The van der Waals surface area contributed by atoms with Crippen molar-refractivity contribution in [3.05, 3.63) is 41.2 Å². The maximum atomic E-state index is 13.0. The summed E-state index contributed by atoms with van der Waals surface area (Å²) in [5.74, 6) is -0.636. The average molecular weight is 231 g/mol. The number of hydrogen-bond donors (Lipinski definition) is 0. The third-order valence-corrected chi connectivity index (χ3v) is 2.21. The van der Waals surface area contributed by atoms with Gasteiger partial charge < -0.3 is 0 Å². The Labute approximate surface area is 100 Å². The van der Waals surface area contributed by atoms with Crippen LogP contribution in [0.4, 0.5) is 4.39 Å². The van der Waals surface area contributed by atoms with Crippen molar-refractivity contribution in [2.75, 3.05) is 0 Å². The molecule has 0 spiro atoms. The Morgan fingerprint density at radius 3 is 2.53 bits per heavy atom. The summed E-state index contributed by atoms with van der Waals surface area (Å²) in [6, 6.07) is 7.65. The van der Waals surface area contributed by atoms with E-state index in [4.69, 9.17) is 5.26 Å². The van der Waals surface area contributed by atoms with E-state index in [0.29, 0.717) is 5.56 Å². The molecule has 88 valence electrons. The molecule has 0 unspecified atom stereocenters. The van der Waals surface area contributed by atoms with E-state index in [1.807, 2.05) is 6.07 Å². The molecular weight excluding hydrogens is 217 g/mol. The molecule has 0 radical (unpaired) electrons. The summed E-state index contributed by atoms with van der Waals surface area (Å²) < 4.78 is 13.0. The molecule has 0 N–H and O–H groups in total. The molecule has 0 aromatic heterocycles. The molecule has 0 atom stereocenters. The maximum Gasteiger partial charge on any atom is 0.178 e. The minimum atomic E-state index is -0.616. The number of nitriles is 1.